The number of ether oxygens (including phenoxy) is 3. The maximum absolute atomic E-state index is 12.8. The molecule has 1 aromatic heterocycles. The van der Waals surface area contributed by atoms with E-state index in [1.807, 2.05) is 0 Å². The summed E-state index contributed by atoms with van der Waals surface area (Å²) in [6.07, 6.45) is -0.888. The largest absolute Gasteiger partial charge is 0.480 e. The van der Waals surface area contributed by atoms with Crippen LogP contribution in [0.1, 0.15) is 40.0 Å². The first-order chi connectivity index (χ1) is 14.5. The molecule has 3 heterocycles. The highest BCUT2D eigenvalue weighted by Crippen LogP contribution is 2.40. The summed E-state index contributed by atoms with van der Waals surface area (Å²) in [5.41, 5.74) is -1.73. The van der Waals surface area contributed by atoms with Crippen molar-refractivity contribution < 1.29 is 33.7 Å². The SMILES string of the molecule is CC(C)(C)OC(=O)N[C@@H]1C[C@@H](O)CC[C@@]12CN(c1ccc3c(n1)NC(=O)CO3)C(=O)O2. The molecule has 0 radical (unpaired) electrons. The summed E-state index contributed by atoms with van der Waals surface area (Å²) >= 11 is 0. The van der Waals surface area contributed by atoms with Gasteiger partial charge in [0.25, 0.3) is 5.91 Å². The van der Waals surface area contributed by atoms with Crippen LogP contribution in [0, 0.1) is 0 Å². The summed E-state index contributed by atoms with van der Waals surface area (Å²) in [5, 5.41) is 15.5. The predicted octanol–water partition coefficient (Wildman–Crippen LogP) is 1.55. The Morgan fingerprint density at radius 2 is 2.16 bits per heavy atom. The van der Waals surface area contributed by atoms with Crippen LogP contribution in [0.4, 0.5) is 21.2 Å². The third kappa shape index (κ3) is 4.36. The topological polar surface area (TPSA) is 139 Å². The minimum absolute atomic E-state index is 0.0940. The number of aliphatic hydroxyl groups is 1. The van der Waals surface area contributed by atoms with Crippen LogP contribution in [0.5, 0.6) is 5.75 Å². The molecule has 1 saturated heterocycles. The van der Waals surface area contributed by atoms with E-state index < -0.39 is 35.5 Å². The molecular weight excluding hydrogens is 408 g/mol. The number of amides is 3. The molecule has 1 aliphatic carbocycles. The molecule has 168 valence electrons. The van der Waals surface area contributed by atoms with Crippen molar-refractivity contribution in [2.45, 2.75) is 63.4 Å². The molecular formula is C20H26N4O7. The van der Waals surface area contributed by atoms with Gasteiger partial charge in [0.15, 0.2) is 23.8 Å². The van der Waals surface area contributed by atoms with Crippen molar-refractivity contribution in [3.8, 4) is 5.75 Å². The van der Waals surface area contributed by atoms with Crippen molar-refractivity contribution in [1.29, 1.82) is 0 Å². The van der Waals surface area contributed by atoms with E-state index in [0.717, 1.165) is 0 Å². The molecule has 3 N–H and O–H groups in total. The average Bonchev–Trinajstić information content (AvgIpc) is 3.00. The van der Waals surface area contributed by atoms with Crippen molar-refractivity contribution in [3.05, 3.63) is 12.1 Å². The lowest BCUT2D eigenvalue weighted by molar-refractivity contribution is -0.118. The molecule has 0 unspecified atom stereocenters. The van der Waals surface area contributed by atoms with Crippen LogP contribution in [0.3, 0.4) is 0 Å². The number of nitrogens with zero attached hydrogens (tertiary/aromatic N) is 2. The van der Waals surface area contributed by atoms with Gasteiger partial charge in [0.2, 0.25) is 0 Å². The minimum atomic E-state index is -1.04. The van der Waals surface area contributed by atoms with Crippen LogP contribution in [0.25, 0.3) is 0 Å². The molecule has 3 amide bonds. The number of alkyl carbamates (subject to hydrolysis) is 1. The quantitative estimate of drug-likeness (QED) is 0.637. The molecule has 3 atom stereocenters. The summed E-state index contributed by atoms with van der Waals surface area (Å²) in [6.45, 7) is 5.28. The number of aliphatic hydroxyl groups excluding tert-OH is 1. The summed E-state index contributed by atoms with van der Waals surface area (Å²) < 4.78 is 16.4. The van der Waals surface area contributed by atoms with Gasteiger partial charge in [-0.3, -0.25) is 9.69 Å². The Balaban J connectivity index is 1.56. The molecule has 2 aliphatic heterocycles. The highest BCUT2D eigenvalue weighted by Gasteiger charge is 2.54. The van der Waals surface area contributed by atoms with E-state index in [1.165, 1.54) is 4.90 Å². The minimum Gasteiger partial charge on any atom is -0.480 e. The van der Waals surface area contributed by atoms with E-state index in [4.69, 9.17) is 14.2 Å². The second kappa shape index (κ2) is 7.56. The molecule has 1 saturated carbocycles. The van der Waals surface area contributed by atoms with Crippen molar-refractivity contribution in [2.24, 2.45) is 0 Å². The van der Waals surface area contributed by atoms with E-state index in [2.05, 4.69) is 15.6 Å². The van der Waals surface area contributed by atoms with E-state index >= 15 is 0 Å². The zero-order valence-corrected chi connectivity index (χ0v) is 17.6. The second-order valence-corrected chi connectivity index (χ2v) is 9.00. The zero-order chi connectivity index (χ0) is 22.4. The monoisotopic (exact) mass is 434 g/mol. The van der Waals surface area contributed by atoms with Gasteiger partial charge in [0, 0.05) is 0 Å². The Morgan fingerprint density at radius 1 is 1.39 bits per heavy atom. The van der Waals surface area contributed by atoms with Gasteiger partial charge in [-0.15, -0.1) is 0 Å². The molecule has 0 aromatic carbocycles. The van der Waals surface area contributed by atoms with Crippen molar-refractivity contribution in [3.63, 3.8) is 0 Å². The van der Waals surface area contributed by atoms with Crippen LogP contribution in [-0.4, -0.2) is 64.7 Å². The Kier molecular flexibility index (Phi) is 5.16. The van der Waals surface area contributed by atoms with Crippen LogP contribution in [0.2, 0.25) is 0 Å². The van der Waals surface area contributed by atoms with Crippen LogP contribution >= 0.6 is 0 Å². The Morgan fingerprint density at radius 3 is 2.90 bits per heavy atom. The first kappa shape index (κ1) is 21.2. The molecule has 3 aliphatic rings. The summed E-state index contributed by atoms with van der Waals surface area (Å²) in [7, 11) is 0. The zero-order valence-electron chi connectivity index (χ0n) is 17.6. The summed E-state index contributed by atoms with van der Waals surface area (Å²) in [4.78, 5) is 42.4. The predicted molar refractivity (Wildman–Crippen MR) is 108 cm³/mol. The maximum atomic E-state index is 12.8. The van der Waals surface area contributed by atoms with Crippen LogP contribution in [-0.2, 0) is 14.3 Å². The number of fused-ring (bicyclic) bond motifs is 1. The van der Waals surface area contributed by atoms with E-state index in [9.17, 15) is 19.5 Å². The van der Waals surface area contributed by atoms with Gasteiger partial charge >= 0.3 is 12.2 Å². The Labute approximate surface area is 179 Å². The van der Waals surface area contributed by atoms with E-state index in [-0.39, 0.29) is 37.1 Å². The molecule has 1 spiro atoms. The maximum Gasteiger partial charge on any atom is 0.416 e. The fourth-order valence-corrected chi connectivity index (χ4v) is 4.01. The van der Waals surface area contributed by atoms with Gasteiger partial charge in [-0.2, -0.15) is 0 Å². The first-order valence-electron chi connectivity index (χ1n) is 10.2. The van der Waals surface area contributed by atoms with Crippen LogP contribution in [0.15, 0.2) is 12.1 Å². The standard InChI is InChI=1S/C20H26N4O7/c1-19(2,3)30-17(27)21-13-8-11(25)6-7-20(13)10-24(18(28)31-20)14-5-4-12-16(22-14)23-15(26)9-29-12/h4-5,11,13,25H,6-10H2,1-3H3,(H,21,27)(H,22,23,26)/t11-,13+,20+/m0/s1. The lowest BCUT2D eigenvalue weighted by Crippen LogP contribution is -2.59. The highest BCUT2D eigenvalue weighted by molar-refractivity contribution is 5.95. The third-order valence-corrected chi connectivity index (χ3v) is 5.41. The van der Waals surface area contributed by atoms with Gasteiger partial charge in [0.1, 0.15) is 11.4 Å². The molecule has 1 aromatic rings. The fourth-order valence-electron chi connectivity index (χ4n) is 4.01. The Hall–Kier alpha value is -3.08. The number of aromatic nitrogens is 1. The van der Waals surface area contributed by atoms with Gasteiger partial charge in [-0.25, -0.2) is 14.6 Å². The number of nitrogens with one attached hydrogen (secondary N) is 2. The Bertz CT molecular complexity index is 915. The lowest BCUT2D eigenvalue weighted by atomic mass is 9.79. The van der Waals surface area contributed by atoms with Gasteiger partial charge in [-0.1, -0.05) is 0 Å². The smallest absolute Gasteiger partial charge is 0.416 e. The number of anilines is 2. The number of carbonyl (C=O) groups excluding carboxylic acids is 3. The molecule has 4 rings (SSSR count). The fraction of sp³-hybridized carbons (Fsp3) is 0.600. The molecule has 11 heteroatoms. The van der Waals surface area contributed by atoms with Crippen molar-refractivity contribution >= 4 is 29.7 Å². The molecule has 11 nitrogen and oxygen atoms in total. The lowest BCUT2D eigenvalue weighted by Gasteiger charge is -2.41. The highest BCUT2D eigenvalue weighted by atomic mass is 16.6. The third-order valence-electron chi connectivity index (χ3n) is 5.41. The summed E-state index contributed by atoms with van der Waals surface area (Å²) in [5.74, 6) is 0.593. The molecule has 31 heavy (non-hydrogen) atoms. The van der Waals surface area contributed by atoms with Gasteiger partial charge in [0.05, 0.1) is 18.7 Å². The number of pyridine rings is 1. The van der Waals surface area contributed by atoms with E-state index in [1.54, 1.807) is 32.9 Å². The summed E-state index contributed by atoms with van der Waals surface area (Å²) in [6, 6.07) is 2.58. The van der Waals surface area contributed by atoms with Gasteiger partial charge < -0.3 is 30.0 Å². The van der Waals surface area contributed by atoms with Gasteiger partial charge in [-0.05, 0) is 52.2 Å². The first-order valence-corrected chi connectivity index (χ1v) is 10.2. The van der Waals surface area contributed by atoms with Crippen LogP contribution < -0.4 is 20.3 Å². The van der Waals surface area contributed by atoms with E-state index in [0.29, 0.717) is 18.6 Å². The number of carbonyl (C=O) groups is 3. The average molecular weight is 434 g/mol. The second-order valence-electron chi connectivity index (χ2n) is 9.00. The molecule has 0 bridgehead atoms. The number of hydrogen-bond acceptors (Lipinski definition) is 8. The number of hydrogen-bond donors (Lipinski definition) is 3. The van der Waals surface area contributed by atoms with Crippen molar-refractivity contribution in [1.82, 2.24) is 10.3 Å². The van der Waals surface area contributed by atoms with Crippen molar-refractivity contribution in [2.75, 3.05) is 23.4 Å². The number of rotatable bonds is 2. The normalized spacial score (nSPS) is 27.8. The molecule has 2 fully saturated rings.